The molecule has 0 bridgehead atoms. The van der Waals surface area contributed by atoms with Gasteiger partial charge in [0.1, 0.15) is 19.0 Å². The van der Waals surface area contributed by atoms with Crippen LogP contribution in [0.3, 0.4) is 0 Å². The Morgan fingerprint density at radius 3 is 2.50 bits per heavy atom. The van der Waals surface area contributed by atoms with E-state index in [1.54, 1.807) is 24.3 Å². The Balaban J connectivity index is 2.25. The second-order valence-electron chi connectivity index (χ2n) is 2.37. The van der Waals surface area contributed by atoms with Crippen LogP contribution in [0.15, 0.2) is 24.3 Å². The predicted octanol–water partition coefficient (Wildman–Crippen LogP) is 2.39. The van der Waals surface area contributed by atoms with E-state index in [0.29, 0.717) is 10.8 Å². The fourth-order valence-electron chi connectivity index (χ4n) is 0.806. The number of hydrogen-bond acceptors (Lipinski definition) is 3. The Labute approximate surface area is 87.4 Å². The first-order chi connectivity index (χ1) is 6.68. The molecule has 14 heavy (non-hydrogen) atoms. The zero-order chi connectivity index (χ0) is 10.4. The molecule has 76 valence electrons. The van der Waals surface area contributed by atoms with Gasteiger partial charge in [-0.3, -0.25) is 0 Å². The SMILES string of the molecule is O=[P+](O)OCCOc1ccc(Cl)cc1. The van der Waals surface area contributed by atoms with Crippen LogP contribution >= 0.6 is 19.9 Å². The molecule has 0 aromatic heterocycles. The van der Waals surface area contributed by atoms with E-state index < -0.39 is 8.25 Å². The van der Waals surface area contributed by atoms with E-state index in [-0.39, 0.29) is 13.2 Å². The molecule has 6 heteroatoms. The van der Waals surface area contributed by atoms with Crippen molar-refractivity contribution in [2.24, 2.45) is 0 Å². The summed E-state index contributed by atoms with van der Waals surface area (Å²) in [6.07, 6.45) is 0. The van der Waals surface area contributed by atoms with Gasteiger partial charge in [-0.15, -0.1) is 9.42 Å². The molecule has 0 aliphatic carbocycles. The van der Waals surface area contributed by atoms with Crippen LogP contribution in [0, 0.1) is 0 Å². The summed E-state index contributed by atoms with van der Waals surface area (Å²) in [6, 6.07) is 6.82. The summed E-state index contributed by atoms with van der Waals surface area (Å²) in [5, 5.41) is 0.632. The maximum absolute atomic E-state index is 10.1. The summed E-state index contributed by atoms with van der Waals surface area (Å²) in [5.41, 5.74) is 0. The second kappa shape index (κ2) is 5.94. The minimum atomic E-state index is -2.54. The molecular weight excluding hydrogens is 227 g/mol. The monoisotopic (exact) mass is 235 g/mol. The number of ether oxygens (including phenoxy) is 1. The summed E-state index contributed by atoms with van der Waals surface area (Å²) in [7, 11) is -2.54. The van der Waals surface area contributed by atoms with Crippen molar-refractivity contribution in [2.75, 3.05) is 13.2 Å². The van der Waals surface area contributed by atoms with E-state index in [4.69, 9.17) is 21.2 Å². The number of hydrogen-bond donors (Lipinski definition) is 1. The molecule has 0 saturated carbocycles. The molecule has 4 nitrogen and oxygen atoms in total. The van der Waals surface area contributed by atoms with Crippen LogP contribution in [0.2, 0.25) is 5.02 Å². The van der Waals surface area contributed by atoms with Gasteiger partial charge in [-0.05, 0) is 24.3 Å². The third kappa shape index (κ3) is 4.53. The van der Waals surface area contributed by atoms with Crippen molar-refractivity contribution >= 4 is 19.9 Å². The van der Waals surface area contributed by atoms with E-state index in [9.17, 15) is 4.57 Å². The average Bonchev–Trinajstić information content (AvgIpc) is 2.15. The molecule has 0 saturated heterocycles. The van der Waals surface area contributed by atoms with Gasteiger partial charge in [0.05, 0.1) is 0 Å². The Morgan fingerprint density at radius 1 is 1.29 bits per heavy atom. The Morgan fingerprint density at radius 2 is 1.93 bits per heavy atom. The Bertz CT molecular complexity index is 301. The molecule has 1 aromatic rings. The van der Waals surface area contributed by atoms with E-state index in [1.165, 1.54) is 0 Å². The molecular formula is C8H9ClO4P+. The quantitative estimate of drug-likeness (QED) is 0.629. The van der Waals surface area contributed by atoms with Crippen LogP contribution in [0.25, 0.3) is 0 Å². The first kappa shape index (κ1) is 11.4. The number of rotatable bonds is 5. The highest BCUT2D eigenvalue weighted by atomic mass is 35.5. The molecule has 0 aliphatic heterocycles. The van der Waals surface area contributed by atoms with Gasteiger partial charge in [0.2, 0.25) is 0 Å². The number of halogens is 1. The van der Waals surface area contributed by atoms with Crippen molar-refractivity contribution in [1.82, 2.24) is 0 Å². The molecule has 0 radical (unpaired) electrons. The van der Waals surface area contributed by atoms with Crippen LogP contribution in [0.5, 0.6) is 5.75 Å². The molecule has 0 fully saturated rings. The Kier molecular flexibility index (Phi) is 4.84. The lowest BCUT2D eigenvalue weighted by molar-refractivity contribution is 0.207. The highest BCUT2D eigenvalue weighted by Gasteiger charge is 2.10. The lowest BCUT2D eigenvalue weighted by Gasteiger charge is -2.02. The van der Waals surface area contributed by atoms with Crippen LogP contribution in [-0.2, 0) is 9.09 Å². The van der Waals surface area contributed by atoms with E-state index in [2.05, 4.69) is 4.52 Å². The van der Waals surface area contributed by atoms with Gasteiger partial charge in [-0.1, -0.05) is 11.6 Å². The molecule has 0 heterocycles. The maximum atomic E-state index is 10.1. The fourth-order valence-corrected chi connectivity index (χ4v) is 1.16. The van der Waals surface area contributed by atoms with Crippen molar-refractivity contribution in [2.45, 2.75) is 0 Å². The summed E-state index contributed by atoms with van der Waals surface area (Å²) in [4.78, 5) is 8.30. The van der Waals surface area contributed by atoms with Gasteiger partial charge in [0, 0.05) is 9.59 Å². The lowest BCUT2D eigenvalue weighted by atomic mass is 10.3. The largest absolute Gasteiger partial charge is 0.694 e. The van der Waals surface area contributed by atoms with Gasteiger partial charge in [0.25, 0.3) is 0 Å². The topological polar surface area (TPSA) is 55.8 Å². The highest BCUT2D eigenvalue weighted by molar-refractivity contribution is 7.32. The third-order valence-electron chi connectivity index (χ3n) is 1.37. The molecule has 1 atom stereocenters. The third-order valence-corrected chi connectivity index (χ3v) is 2.02. The molecule has 1 N–H and O–H groups in total. The average molecular weight is 236 g/mol. The van der Waals surface area contributed by atoms with E-state index >= 15 is 0 Å². The van der Waals surface area contributed by atoms with Crippen LogP contribution in [-0.4, -0.2) is 18.1 Å². The van der Waals surface area contributed by atoms with Gasteiger partial charge in [-0.25, -0.2) is 0 Å². The van der Waals surface area contributed by atoms with Gasteiger partial charge in [-0.2, -0.15) is 0 Å². The molecule has 1 aromatic carbocycles. The smallest absolute Gasteiger partial charge is 0.491 e. The van der Waals surface area contributed by atoms with E-state index in [1.807, 2.05) is 0 Å². The van der Waals surface area contributed by atoms with Gasteiger partial charge < -0.3 is 4.74 Å². The van der Waals surface area contributed by atoms with Crippen molar-refractivity contribution in [3.05, 3.63) is 29.3 Å². The summed E-state index contributed by atoms with van der Waals surface area (Å²) < 4.78 is 19.7. The van der Waals surface area contributed by atoms with E-state index in [0.717, 1.165) is 0 Å². The lowest BCUT2D eigenvalue weighted by Crippen LogP contribution is -2.03. The highest BCUT2D eigenvalue weighted by Crippen LogP contribution is 2.16. The van der Waals surface area contributed by atoms with Gasteiger partial charge >= 0.3 is 8.25 Å². The first-order valence-corrected chi connectivity index (χ1v) is 5.37. The summed E-state index contributed by atoms with van der Waals surface area (Å²) in [5.74, 6) is 0.645. The fraction of sp³-hybridized carbons (Fsp3) is 0.250. The second-order valence-corrected chi connectivity index (χ2v) is 3.54. The molecule has 0 spiro atoms. The molecule has 0 aliphatic rings. The maximum Gasteiger partial charge on any atom is 0.694 e. The Hall–Kier alpha value is -0.670. The van der Waals surface area contributed by atoms with Crippen molar-refractivity contribution in [3.8, 4) is 5.75 Å². The van der Waals surface area contributed by atoms with Crippen LogP contribution in [0.1, 0.15) is 0 Å². The molecule has 0 amide bonds. The summed E-state index contributed by atoms with van der Waals surface area (Å²) in [6.45, 7) is 0.303. The predicted molar refractivity (Wildman–Crippen MR) is 52.7 cm³/mol. The minimum Gasteiger partial charge on any atom is -0.491 e. The first-order valence-electron chi connectivity index (χ1n) is 3.86. The zero-order valence-corrected chi connectivity index (χ0v) is 8.87. The van der Waals surface area contributed by atoms with Crippen molar-refractivity contribution in [1.29, 1.82) is 0 Å². The standard InChI is InChI=1S/C8H8ClO4P/c9-7-1-3-8(4-2-7)12-5-6-13-14(10)11/h1-4H,5-6H2/p+1. The van der Waals surface area contributed by atoms with Crippen molar-refractivity contribution < 1.29 is 18.7 Å². The minimum absolute atomic E-state index is 0.0777. The normalized spacial score (nSPS) is 11.1. The van der Waals surface area contributed by atoms with Crippen LogP contribution in [0.4, 0.5) is 0 Å². The number of benzene rings is 1. The van der Waals surface area contributed by atoms with Crippen molar-refractivity contribution in [3.63, 3.8) is 0 Å². The van der Waals surface area contributed by atoms with Gasteiger partial charge in [0.15, 0.2) is 0 Å². The zero-order valence-electron chi connectivity index (χ0n) is 7.22. The summed E-state index contributed by atoms with van der Waals surface area (Å²) >= 11 is 5.66. The van der Waals surface area contributed by atoms with Crippen LogP contribution < -0.4 is 4.74 Å². The molecule has 1 rings (SSSR count). The molecule has 1 unspecified atom stereocenters.